The normalized spacial score (nSPS) is 14.9. The zero-order chi connectivity index (χ0) is 13.0. The van der Waals surface area contributed by atoms with Crippen molar-refractivity contribution in [2.75, 3.05) is 11.9 Å². The molecule has 0 spiro atoms. The van der Waals surface area contributed by atoms with Crippen LogP contribution in [-0.4, -0.2) is 22.7 Å². The van der Waals surface area contributed by atoms with Gasteiger partial charge in [-0.2, -0.15) is 5.26 Å². The summed E-state index contributed by atoms with van der Waals surface area (Å²) in [5, 5.41) is 21.5. The van der Waals surface area contributed by atoms with Gasteiger partial charge in [-0.25, -0.2) is 4.98 Å². The van der Waals surface area contributed by atoms with Crippen LogP contribution < -0.4 is 5.32 Å². The molecule has 0 aliphatic heterocycles. The van der Waals surface area contributed by atoms with E-state index in [1.54, 1.807) is 6.92 Å². The average Bonchev–Trinajstić information content (AvgIpc) is 2.80. The number of aliphatic hydroxyl groups is 1. The summed E-state index contributed by atoms with van der Waals surface area (Å²) in [4.78, 5) is 4.54. The molecular formula is C14H19N3O. The lowest BCUT2D eigenvalue weighted by atomic mass is 10.1. The molecule has 96 valence electrons. The number of rotatable bonds is 5. The van der Waals surface area contributed by atoms with Crippen LogP contribution in [0.2, 0.25) is 0 Å². The first kappa shape index (κ1) is 12.8. The van der Waals surface area contributed by atoms with Crippen LogP contribution in [-0.2, 0) is 12.8 Å². The Morgan fingerprint density at radius 1 is 1.56 bits per heavy atom. The number of nitriles is 1. The summed E-state index contributed by atoms with van der Waals surface area (Å²) in [6.45, 7) is 2.53. The minimum atomic E-state index is -0.268. The van der Waals surface area contributed by atoms with Crippen LogP contribution in [0, 0.1) is 11.3 Å². The molecule has 1 atom stereocenters. The van der Waals surface area contributed by atoms with Crippen molar-refractivity contribution in [1.29, 1.82) is 5.26 Å². The van der Waals surface area contributed by atoms with Crippen molar-refractivity contribution in [3.63, 3.8) is 0 Å². The van der Waals surface area contributed by atoms with Crippen molar-refractivity contribution in [2.24, 2.45) is 0 Å². The van der Waals surface area contributed by atoms with Gasteiger partial charge in [-0.3, -0.25) is 0 Å². The third kappa shape index (κ3) is 2.99. The first-order valence-electron chi connectivity index (χ1n) is 6.55. The minimum Gasteiger partial charge on any atom is -0.393 e. The van der Waals surface area contributed by atoms with Gasteiger partial charge in [-0.1, -0.05) is 0 Å². The Labute approximate surface area is 108 Å². The van der Waals surface area contributed by atoms with Gasteiger partial charge in [0.05, 0.1) is 11.7 Å². The molecule has 0 radical (unpaired) electrons. The third-order valence-corrected chi connectivity index (χ3v) is 3.26. The summed E-state index contributed by atoms with van der Waals surface area (Å²) in [7, 11) is 0. The van der Waals surface area contributed by atoms with E-state index < -0.39 is 0 Å². The highest BCUT2D eigenvalue weighted by Gasteiger charge is 2.16. The molecular weight excluding hydrogens is 226 g/mol. The molecule has 0 saturated carbocycles. The quantitative estimate of drug-likeness (QED) is 0.779. The number of pyridine rings is 1. The Balaban J connectivity index is 2.01. The fraction of sp³-hybridized carbons (Fsp3) is 0.571. The molecule has 4 nitrogen and oxygen atoms in total. The molecule has 1 aliphatic rings. The number of hydrogen-bond donors (Lipinski definition) is 2. The van der Waals surface area contributed by atoms with Crippen LogP contribution in [0.5, 0.6) is 0 Å². The Morgan fingerprint density at radius 2 is 2.39 bits per heavy atom. The largest absolute Gasteiger partial charge is 0.393 e. The molecule has 4 heteroatoms. The Morgan fingerprint density at radius 3 is 3.11 bits per heavy atom. The number of hydrogen-bond acceptors (Lipinski definition) is 4. The number of nitrogens with one attached hydrogen (secondary N) is 1. The van der Waals surface area contributed by atoms with E-state index in [-0.39, 0.29) is 6.10 Å². The van der Waals surface area contributed by atoms with Crippen molar-refractivity contribution in [3.8, 4) is 6.07 Å². The number of anilines is 1. The van der Waals surface area contributed by atoms with Gasteiger partial charge in [0.25, 0.3) is 0 Å². The lowest BCUT2D eigenvalue weighted by Gasteiger charge is -2.10. The van der Waals surface area contributed by atoms with Crippen LogP contribution >= 0.6 is 0 Å². The number of aryl methyl sites for hydroxylation is 2. The Kier molecular flexibility index (Phi) is 4.16. The van der Waals surface area contributed by atoms with Gasteiger partial charge in [0.1, 0.15) is 11.9 Å². The zero-order valence-electron chi connectivity index (χ0n) is 10.7. The fourth-order valence-corrected chi connectivity index (χ4v) is 2.30. The van der Waals surface area contributed by atoms with Crippen LogP contribution in [0.25, 0.3) is 0 Å². The van der Waals surface area contributed by atoms with E-state index in [9.17, 15) is 5.11 Å². The van der Waals surface area contributed by atoms with Crippen LogP contribution in [0.1, 0.15) is 43.0 Å². The number of aromatic nitrogens is 1. The predicted octanol–water partition coefficient (Wildman–Crippen LogP) is 2.01. The smallest absolute Gasteiger partial charge is 0.144 e. The van der Waals surface area contributed by atoms with Crippen LogP contribution in [0.15, 0.2) is 6.07 Å². The summed E-state index contributed by atoms with van der Waals surface area (Å²) >= 11 is 0. The van der Waals surface area contributed by atoms with Gasteiger partial charge in [-0.15, -0.1) is 0 Å². The van der Waals surface area contributed by atoms with E-state index in [1.807, 2.05) is 6.07 Å². The van der Waals surface area contributed by atoms with Crippen molar-refractivity contribution < 1.29 is 5.11 Å². The summed E-state index contributed by atoms with van der Waals surface area (Å²) < 4.78 is 0. The van der Waals surface area contributed by atoms with E-state index in [1.165, 1.54) is 5.56 Å². The monoisotopic (exact) mass is 245 g/mol. The second-order valence-electron chi connectivity index (χ2n) is 4.87. The molecule has 0 aromatic carbocycles. The standard InChI is InChI=1S/C14H19N3O/c1-10(18)4-3-7-16-14-12(9-15)8-11-5-2-6-13(11)17-14/h8,10,18H,2-7H2,1H3,(H,16,17). The van der Waals surface area contributed by atoms with E-state index in [4.69, 9.17) is 5.26 Å². The van der Waals surface area contributed by atoms with Gasteiger partial charge >= 0.3 is 0 Å². The molecule has 1 aliphatic carbocycles. The predicted molar refractivity (Wildman–Crippen MR) is 70.4 cm³/mol. The van der Waals surface area contributed by atoms with E-state index >= 15 is 0 Å². The highest BCUT2D eigenvalue weighted by atomic mass is 16.3. The first-order valence-corrected chi connectivity index (χ1v) is 6.55. The summed E-state index contributed by atoms with van der Waals surface area (Å²) in [5.74, 6) is 0.698. The molecule has 1 aromatic rings. The molecule has 2 N–H and O–H groups in total. The molecule has 1 heterocycles. The maximum Gasteiger partial charge on any atom is 0.144 e. The summed E-state index contributed by atoms with van der Waals surface area (Å²) in [5.41, 5.74) is 2.99. The van der Waals surface area contributed by atoms with E-state index in [0.717, 1.165) is 44.3 Å². The lowest BCUT2D eigenvalue weighted by Crippen LogP contribution is -2.09. The maximum atomic E-state index is 9.18. The second-order valence-corrected chi connectivity index (χ2v) is 4.87. The molecule has 18 heavy (non-hydrogen) atoms. The molecule has 0 bridgehead atoms. The highest BCUT2D eigenvalue weighted by Crippen LogP contribution is 2.24. The molecule has 0 amide bonds. The number of aliphatic hydroxyl groups excluding tert-OH is 1. The summed E-state index contributed by atoms with van der Waals surface area (Å²) in [6.07, 6.45) is 4.57. The molecule has 1 unspecified atom stereocenters. The number of nitrogens with zero attached hydrogens (tertiary/aromatic N) is 2. The molecule has 1 aromatic heterocycles. The maximum absolute atomic E-state index is 9.18. The van der Waals surface area contributed by atoms with Crippen molar-refractivity contribution >= 4 is 5.82 Å². The lowest BCUT2D eigenvalue weighted by molar-refractivity contribution is 0.183. The first-order chi connectivity index (χ1) is 8.70. The van der Waals surface area contributed by atoms with Crippen LogP contribution in [0.4, 0.5) is 5.82 Å². The van der Waals surface area contributed by atoms with Crippen molar-refractivity contribution in [1.82, 2.24) is 4.98 Å². The minimum absolute atomic E-state index is 0.268. The highest BCUT2D eigenvalue weighted by molar-refractivity contribution is 5.55. The van der Waals surface area contributed by atoms with Crippen molar-refractivity contribution in [3.05, 3.63) is 22.9 Å². The SMILES string of the molecule is CC(O)CCCNc1nc2c(cc1C#N)CCC2. The number of fused-ring (bicyclic) bond motifs is 1. The van der Waals surface area contributed by atoms with Gasteiger partial charge in [0.15, 0.2) is 0 Å². The fourth-order valence-electron chi connectivity index (χ4n) is 2.30. The van der Waals surface area contributed by atoms with E-state index in [0.29, 0.717) is 11.4 Å². The molecule has 2 rings (SSSR count). The summed E-state index contributed by atoms with van der Waals surface area (Å²) in [6, 6.07) is 4.17. The molecule has 0 saturated heterocycles. The van der Waals surface area contributed by atoms with Gasteiger partial charge in [-0.05, 0) is 50.7 Å². The van der Waals surface area contributed by atoms with Crippen LogP contribution in [0.3, 0.4) is 0 Å². The van der Waals surface area contributed by atoms with Gasteiger partial charge in [0.2, 0.25) is 0 Å². The average molecular weight is 245 g/mol. The molecule has 0 fully saturated rings. The van der Waals surface area contributed by atoms with Gasteiger partial charge < -0.3 is 10.4 Å². The Bertz CT molecular complexity index is 463. The zero-order valence-corrected chi connectivity index (χ0v) is 10.7. The van der Waals surface area contributed by atoms with E-state index in [2.05, 4.69) is 16.4 Å². The van der Waals surface area contributed by atoms with Gasteiger partial charge in [0, 0.05) is 12.2 Å². The third-order valence-electron chi connectivity index (χ3n) is 3.26. The Hall–Kier alpha value is -1.60. The second kappa shape index (κ2) is 5.83. The van der Waals surface area contributed by atoms with Crippen molar-refractivity contribution in [2.45, 2.75) is 45.1 Å². The topological polar surface area (TPSA) is 68.9 Å².